The summed E-state index contributed by atoms with van der Waals surface area (Å²) in [4.78, 5) is 2.35. The highest BCUT2D eigenvalue weighted by Gasteiger charge is 2.09. The van der Waals surface area contributed by atoms with Crippen molar-refractivity contribution in [3.8, 4) is 0 Å². The number of hydrogen-bond acceptors (Lipinski definition) is 3. The number of rotatable bonds is 8. The van der Waals surface area contributed by atoms with Crippen LogP contribution >= 0.6 is 0 Å². The minimum absolute atomic E-state index is 0.324. The summed E-state index contributed by atoms with van der Waals surface area (Å²) in [5.41, 5.74) is 8.07. The molecule has 0 fully saturated rings. The summed E-state index contributed by atoms with van der Waals surface area (Å²) >= 11 is 0. The van der Waals surface area contributed by atoms with Crippen molar-refractivity contribution in [3.63, 3.8) is 0 Å². The maximum absolute atomic E-state index is 9.69. The van der Waals surface area contributed by atoms with E-state index in [1.165, 1.54) is 11.1 Å². The molecular formula is C18H24N2O. The monoisotopic (exact) mass is 284 g/mol. The zero-order valence-electron chi connectivity index (χ0n) is 12.4. The molecule has 0 heterocycles. The molecule has 1 unspecified atom stereocenters. The van der Waals surface area contributed by atoms with Crippen molar-refractivity contribution in [3.05, 3.63) is 71.8 Å². The smallest absolute Gasteiger partial charge is 0.0674 e. The Balaban J connectivity index is 1.99. The Kier molecular flexibility index (Phi) is 6.41. The Morgan fingerprint density at radius 3 is 1.76 bits per heavy atom. The molecule has 3 nitrogen and oxygen atoms in total. The second-order valence-electron chi connectivity index (χ2n) is 5.36. The van der Waals surface area contributed by atoms with Crippen molar-refractivity contribution < 1.29 is 5.11 Å². The first kappa shape index (κ1) is 15.7. The molecule has 0 aromatic heterocycles. The fourth-order valence-corrected chi connectivity index (χ4v) is 2.35. The standard InChI is InChI=1S/C18H24N2O/c19-13-18(21)11-12-20(14-16-7-3-1-4-8-16)15-17-9-5-2-6-10-17/h1-10,18,21H,11-15,19H2. The number of benzene rings is 2. The van der Waals surface area contributed by atoms with Crippen LogP contribution in [0.1, 0.15) is 17.5 Å². The van der Waals surface area contributed by atoms with Gasteiger partial charge in [-0.25, -0.2) is 0 Å². The zero-order valence-corrected chi connectivity index (χ0v) is 12.4. The number of aliphatic hydroxyl groups is 1. The highest BCUT2D eigenvalue weighted by atomic mass is 16.3. The molecule has 0 aliphatic carbocycles. The summed E-state index contributed by atoms with van der Waals surface area (Å²) in [5, 5.41) is 9.69. The van der Waals surface area contributed by atoms with Crippen molar-refractivity contribution in [2.75, 3.05) is 13.1 Å². The van der Waals surface area contributed by atoms with Crippen LogP contribution in [0.25, 0.3) is 0 Å². The highest BCUT2D eigenvalue weighted by Crippen LogP contribution is 2.11. The average molecular weight is 284 g/mol. The molecule has 3 heteroatoms. The lowest BCUT2D eigenvalue weighted by molar-refractivity contribution is 0.142. The molecule has 0 radical (unpaired) electrons. The van der Waals surface area contributed by atoms with E-state index < -0.39 is 6.10 Å². The molecule has 0 aliphatic heterocycles. The minimum atomic E-state index is -0.418. The first-order chi connectivity index (χ1) is 10.3. The number of nitrogens with zero attached hydrogens (tertiary/aromatic N) is 1. The Hall–Kier alpha value is -1.68. The molecule has 21 heavy (non-hydrogen) atoms. The highest BCUT2D eigenvalue weighted by molar-refractivity contribution is 5.17. The molecule has 0 saturated heterocycles. The predicted molar refractivity (Wildman–Crippen MR) is 86.7 cm³/mol. The van der Waals surface area contributed by atoms with Gasteiger partial charge in [-0.15, -0.1) is 0 Å². The second kappa shape index (κ2) is 8.57. The molecule has 0 amide bonds. The van der Waals surface area contributed by atoms with E-state index in [0.29, 0.717) is 13.0 Å². The predicted octanol–water partition coefficient (Wildman–Crippen LogP) is 2.40. The van der Waals surface area contributed by atoms with Gasteiger partial charge in [-0.05, 0) is 17.5 Å². The third kappa shape index (κ3) is 5.68. The lowest BCUT2D eigenvalue weighted by atomic mass is 10.1. The van der Waals surface area contributed by atoms with Gasteiger partial charge in [-0.3, -0.25) is 4.90 Å². The second-order valence-corrected chi connectivity index (χ2v) is 5.36. The zero-order chi connectivity index (χ0) is 14.9. The maximum Gasteiger partial charge on any atom is 0.0674 e. The van der Waals surface area contributed by atoms with Gasteiger partial charge in [0.05, 0.1) is 6.10 Å². The van der Waals surface area contributed by atoms with Gasteiger partial charge >= 0.3 is 0 Å². The molecular weight excluding hydrogens is 260 g/mol. The Labute approximate surface area is 127 Å². The first-order valence-electron chi connectivity index (χ1n) is 7.46. The van der Waals surface area contributed by atoms with E-state index in [1.54, 1.807) is 0 Å². The van der Waals surface area contributed by atoms with Crippen molar-refractivity contribution >= 4 is 0 Å². The van der Waals surface area contributed by atoms with Crippen LogP contribution in [0.3, 0.4) is 0 Å². The summed E-state index contributed by atoms with van der Waals surface area (Å²) < 4.78 is 0. The van der Waals surface area contributed by atoms with Crippen LogP contribution in [0, 0.1) is 0 Å². The summed E-state index contributed by atoms with van der Waals surface area (Å²) in [5.74, 6) is 0. The molecule has 2 rings (SSSR count). The van der Waals surface area contributed by atoms with Gasteiger partial charge in [0.1, 0.15) is 0 Å². The van der Waals surface area contributed by atoms with E-state index >= 15 is 0 Å². The van der Waals surface area contributed by atoms with Gasteiger partial charge in [0.15, 0.2) is 0 Å². The van der Waals surface area contributed by atoms with Crippen LogP contribution in [0.2, 0.25) is 0 Å². The van der Waals surface area contributed by atoms with Crippen LogP contribution in [0.15, 0.2) is 60.7 Å². The Bertz CT molecular complexity index is 460. The van der Waals surface area contributed by atoms with E-state index in [4.69, 9.17) is 5.73 Å². The molecule has 2 aromatic rings. The quantitative estimate of drug-likeness (QED) is 0.782. The van der Waals surface area contributed by atoms with Crippen molar-refractivity contribution in [1.82, 2.24) is 4.90 Å². The van der Waals surface area contributed by atoms with Crippen molar-refractivity contribution in [1.29, 1.82) is 0 Å². The van der Waals surface area contributed by atoms with Crippen LogP contribution in [-0.4, -0.2) is 29.2 Å². The Morgan fingerprint density at radius 1 is 0.857 bits per heavy atom. The van der Waals surface area contributed by atoms with Crippen LogP contribution < -0.4 is 5.73 Å². The van der Waals surface area contributed by atoms with E-state index in [2.05, 4.69) is 53.4 Å². The lowest BCUT2D eigenvalue weighted by Crippen LogP contribution is -2.29. The molecule has 0 spiro atoms. The van der Waals surface area contributed by atoms with Crippen molar-refractivity contribution in [2.24, 2.45) is 5.73 Å². The summed E-state index contributed by atoms with van der Waals surface area (Å²) in [6.45, 7) is 2.92. The van der Waals surface area contributed by atoms with Crippen LogP contribution in [0.4, 0.5) is 0 Å². The third-order valence-corrected chi connectivity index (χ3v) is 3.55. The Morgan fingerprint density at radius 2 is 1.33 bits per heavy atom. The normalized spacial score (nSPS) is 12.5. The molecule has 3 N–H and O–H groups in total. The molecule has 0 aliphatic rings. The molecule has 0 bridgehead atoms. The van der Waals surface area contributed by atoms with E-state index in [1.807, 2.05) is 12.1 Å². The van der Waals surface area contributed by atoms with Gasteiger partial charge in [0, 0.05) is 26.2 Å². The molecule has 0 saturated carbocycles. The largest absolute Gasteiger partial charge is 0.392 e. The number of hydrogen-bond donors (Lipinski definition) is 2. The van der Waals surface area contributed by atoms with E-state index in [9.17, 15) is 5.11 Å². The molecule has 112 valence electrons. The van der Waals surface area contributed by atoms with E-state index in [0.717, 1.165) is 19.6 Å². The first-order valence-corrected chi connectivity index (χ1v) is 7.46. The summed E-state index contributed by atoms with van der Waals surface area (Å²) in [6, 6.07) is 20.8. The van der Waals surface area contributed by atoms with Crippen LogP contribution in [0.5, 0.6) is 0 Å². The lowest BCUT2D eigenvalue weighted by Gasteiger charge is -2.23. The van der Waals surface area contributed by atoms with Gasteiger partial charge in [-0.2, -0.15) is 0 Å². The SMILES string of the molecule is NCC(O)CCN(Cc1ccccc1)Cc1ccccc1. The van der Waals surface area contributed by atoms with Gasteiger partial charge < -0.3 is 10.8 Å². The topological polar surface area (TPSA) is 49.5 Å². The number of aliphatic hydroxyl groups excluding tert-OH is 1. The van der Waals surface area contributed by atoms with Gasteiger partial charge in [0.2, 0.25) is 0 Å². The van der Waals surface area contributed by atoms with Gasteiger partial charge in [-0.1, -0.05) is 60.7 Å². The van der Waals surface area contributed by atoms with Crippen LogP contribution in [-0.2, 0) is 13.1 Å². The minimum Gasteiger partial charge on any atom is -0.392 e. The van der Waals surface area contributed by atoms with Crippen molar-refractivity contribution in [2.45, 2.75) is 25.6 Å². The van der Waals surface area contributed by atoms with Gasteiger partial charge in [0.25, 0.3) is 0 Å². The number of nitrogens with two attached hydrogens (primary N) is 1. The maximum atomic E-state index is 9.69. The fourth-order valence-electron chi connectivity index (χ4n) is 2.35. The van der Waals surface area contributed by atoms with E-state index in [-0.39, 0.29) is 0 Å². The fraction of sp³-hybridized carbons (Fsp3) is 0.333. The average Bonchev–Trinajstić information content (AvgIpc) is 2.54. The summed E-state index contributed by atoms with van der Waals surface area (Å²) in [6.07, 6.45) is 0.287. The summed E-state index contributed by atoms with van der Waals surface area (Å²) in [7, 11) is 0. The molecule has 1 atom stereocenters. The molecule has 2 aromatic carbocycles. The third-order valence-electron chi connectivity index (χ3n) is 3.55.